The van der Waals surface area contributed by atoms with E-state index in [-0.39, 0.29) is 37.1 Å². The maximum Gasteiger partial charge on any atom is 0.326 e. The number of fused-ring (bicyclic) bond motifs is 1. The quantitative estimate of drug-likeness (QED) is 0.102. The zero-order valence-corrected chi connectivity index (χ0v) is 27.2. The fourth-order valence-corrected chi connectivity index (χ4v) is 5.97. The van der Waals surface area contributed by atoms with E-state index in [4.69, 9.17) is 5.11 Å². The molecule has 1 aliphatic rings. The fourth-order valence-electron chi connectivity index (χ4n) is 5.97. The number of rotatable bonds is 19. The van der Waals surface area contributed by atoms with Crippen molar-refractivity contribution in [2.45, 2.75) is 82.3 Å². The van der Waals surface area contributed by atoms with Gasteiger partial charge in [0.2, 0.25) is 11.8 Å². The summed E-state index contributed by atoms with van der Waals surface area (Å²) in [7, 11) is 1.92. The first-order valence-corrected chi connectivity index (χ1v) is 16.4. The van der Waals surface area contributed by atoms with Crippen molar-refractivity contribution in [3.05, 3.63) is 48.0 Å². The number of carboxylic acids is 3. The molecular weight excluding hydrogens is 622 g/mol. The van der Waals surface area contributed by atoms with Crippen molar-refractivity contribution in [3.8, 4) is 0 Å². The van der Waals surface area contributed by atoms with Gasteiger partial charge in [-0.15, -0.1) is 0 Å². The van der Waals surface area contributed by atoms with Crippen LogP contribution in [0.4, 0.5) is 4.79 Å². The molecule has 0 saturated heterocycles. The molecule has 0 spiro atoms. The van der Waals surface area contributed by atoms with Crippen LogP contribution in [-0.4, -0.2) is 89.3 Å². The van der Waals surface area contributed by atoms with Gasteiger partial charge < -0.3 is 41.9 Å². The topological polar surface area (TPSA) is 223 Å². The van der Waals surface area contributed by atoms with Crippen LogP contribution in [-0.2, 0) is 30.4 Å². The Morgan fingerprint density at radius 1 is 0.771 bits per heavy atom. The number of amides is 4. The highest BCUT2D eigenvalue weighted by atomic mass is 16.4. The molecule has 0 heterocycles. The SMILES string of the molecule is CNCC1CCC(C(=O)N[C@H](Cc2ccc3ccccc3c2)C(=O)NCCCC[C@@H](NC(=O)N[C@H](CCC(=O)O)C(=O)O)C(=O)O)CC1. The van der Waals surface area contributed by atoms with Gasteiger partial charge in [-0.25, -0.2) is 14.4 Å². The van der Waals surface area contributed by atoms with Gasteiger partial charge in [-0.3, -0.25) is 14.4 Å². The van der Waals surface area contributed by atoms with Crippen molar-refractivity contribution in [1.29, 1.82) is 0 Å². The number of benzene rings is 2. The fraction of sp³-hybridized carbons (Fsp3) is 0.529. The number of hydrogen-bond acceptors (Lipinski definition) is 7. The molecular formula is C34H47N5O9. The smallest absolute Gasteiger partial charge is 0.326 e. The number of carbonyl (C=O) groups is 6. The van der Waals surface area contributed by atoms with Gasteiger partial charge in [0.25, 0.3) is 0 Å². The molecule has 3 rings (SSSR count). The Balaban J connectivity index is 1.54. The lowest BCUT2D eigenvalue weighted by Crippen LogP contribution is -2.51. The molecule has 3 atom stereocenters. The van der Waals surface area contributed by atoms with Crippen molar-refractivity contribution in [2.24, 2.45) is 11.8 Å². The molecule has 0 radical (unpaired) electrons. The Morgan fingerprint density at radius 2 is 1.42 bits per heavy atom. The van der Waals surface area contributed by atoms with Crippen molar-refractivity contribution in [3.63, 3.8) is 0 Å². The molecule has 8 N–H and O–H groups in total. The van der Waals surface area contributed by atoms with E-state index in [1.807, 2.05) is 49.5 Å². The molecule has 0 bridgehead atoms. The summed E-state index contributed by atoms with van der Waals surface area (Å²) < 4.78 is 0. The van der Waals surface area contributed by atoms with E-state index in [0.29, 0.717) is 25.2 Å². The van der Waals surface area contributed by atoms with Crippen molar-refractivity contribution in [2.75, 3.05) is 20.1 Å². The van der Waals surface area contributed by atoms with Gasteiger partial charge in [0.05, 0.1) is 0 Å². The van der Waals surface area contributed by atoms with Gasteiger partial charge in [0.15, 0.2) is 0 Å². The van der Waals surface area contributed by atoms with Crippen LogP contribution >= 0.6 is 0 Å². The van der Waals surface area contributed by atoms with Crippen LogP contribution in [0.3, 0.4) is 0 Å². The average Bonchev–Trinajstić information content (AvgIpc) is 3.05. The summed E-state index contributed by atoms with van der Waals surface area (Å²) in [5.74, 6) is -4.12. The molecule has 2 aromatic rings. The normalized spacial score (nSPS) is 17.8. The van der Waals surface area contributed by atoms with Crippen LogP contribution in [0.2, 0.25) is 0 Å². The van der Waals surface area contributed by atoms with Gasteiger partial charge in [-0.2, -0.15) is 0 Å². The van der Waals surface area contributed by atoms with Crippen LogP contribution < -0.4 is 26.6 Å². The zero-order valence-electron chi connectivity index (χ0n) is 27.2. The molecule has 48 heavy (non-hydrogen) atoms. The molecule has 1 fully saturated rings. The predicted octanol–water partition coefficient (Wildman–Crippen LogP) is 2.25. The minimum absolute atomic E-state index is 0.00102. The van der Waals surface area contributed by atoms with E-state index in [1.165, 1.54) is 0 Å². The van der Waals surface area contributed by atoms with Crippen LogP contribution in [0.25, 0.3) is 10.8 Å². The standard InChI is InChI=1S/C34H47N5O9/c1-35-20-21-9-13-24(14-10-21)30(42)37-28(19-22-11-12-23-6-2-3-7-25(23)18-22)31(43)36-17-5-4-8-26(32(44)45)38-34(48)39-27(33(46)47)15-16-29(40)41/h2-3,6-7,11-12,18,21,24,26-28,35H,4-5,8-10,13-17,19-20H2,1H3,(H,36,43)(H,37,42)(H,40,41)(H,44,45)(H,46,47)(H2,38,39,48)/t21?,24?,26-,27-,28-/m1/s1. The summed E-state index contributed by atoms with van der Waals surface area (Å²) in [4.78, 5) is 72.7. The molecule has 1 saturated carbocycles. The van der Waals surface area contributed by atoms with Crippen LogP contribution in [0, 0.1) is 11.8 Å². The lowest BCUT2D eigenvalue weighted by atomic mass is 9.81. The Kier molecular flexibility index (Phi) is 15.1. The third-order valence-corrected chi connectivity index (χ3v) is 8.67. The molecule has 2 aromatic carbocycles. The highest BCUT2D eigenvalue weighted by molar-refractivity contribution is 5.89. The lowest BCUT2D eigenvalue weighted by molar-refractivity contribution is -0.141. The molecule has 14 heteroatoms. The first kappa shape index (κ1) is 37.7. The minimum Gasteiger partial charge on any atom is -0.481 e. The van der Waals surface area contributed by atoms with Gasteiger partial charge in [-0.05, 0) is 87.2 Å². The molecule has 262 valence electrons. The summed E-state index contributed by atoms with van der Waals surface area (Å²) in [6, 6.07) is 9.12. The van der Waals surface area contributed by atoms with Crippen LogP contribution in [0.15, 0.2) is 42.5 Å². The summed E-state index contributed by atoms with van der Waals surface area (Å²) >= 11 is 0. The maximum atomic E-state index is 13.4. The number of urea groups is 1. The van der Waals surface area contributed by atoms with Crippen molar-refractivity contribution in [1.82, 2.24) is 26.6 Å². The van der Waals surface area contributed by atoms with E-state index in [0.717, 1.165) is 48.6 Å². The van der Waals surface area contributed by atoms with E-state index < -0.39 is 48.5 Å². The molecule has 0 unspecified atom stereocenters. The van der Waals surface area contributed by atoms with Crippen LogP contribution in [0.5, 0.6) is 0 Å². The second-order valence-electron chi connectivity index (χ2n) is 12.3. The van der Waals surface area contributed by atoms with E-state index in [1.54, 1.807) is 0 Å². The Bertz CT molecular complexity index is 1430. The monoisotopic (exact) mass is 669 g/mol. The Labute approximate surface area is 279 Å². The van der Waals surface area contributed by atoms with E-state index in [9.17, 15) is 39.0 Å². The average molecular weight is 670 g/mol. The summed E-state index contributed by atoms with van der Waals surface area (Å²) in [6.45, 7) is 1.12. The van der Waals surface area contributed by atoms with Gasteiger partial charge in [0, 0.05) is 25.3 Å². The molecule has 14 nitrogen and oxygen atoms in total. The molecule has 0 aliphatic heterocycles. The molecule has 4 amide bonds. The van der Waals surface area contributed by atoms with E-state index >= 15 is 0 Å². The second-order valence-corrected chi connectivity index (χ2v) is 12.3. The van der Waals surface area contributed by atoms with Gasteiger partial charge in [0.1, 0.15) is 18.1 Å². The lowest BCUT2D eigenvalue weighted by Gasteiger charge is -2.29. The number of unbranched alkanes of at least 4 members (excludes halogenated alkanes) is 1. The predicted molar refractivity (Wildman–Crippen MR) is 177 cm³/mol. The molecule has 1 aliphatic carbocycles. The van der Waals surface area contributed by atoms with E-state index in [2.05, 4.69) is 26.6 Å². The first-order chi connectivity index (χ1) is 23.0. The number of aliphatic carboxylic acids is 3. The Morgan fingerprint density at radius 3 is 2.04 bits per heavy atom. The number of carboxylic acid groups (broad SMARTS) is 3. The second kappa shape index (κ2) is 19.2. The minimum atomic E-state index is -1.50. The summed E-state index contributed by atoms with van der Waals surface area (Å²) in [5.41, 5.74) is 0.897. The zero-order chi connectivity index (χ0) is 35.1. The van der Waals surface area contributed by atoms with Crippen molar-refractivity contribution < 1.29 is 44.1 Å². The number of carbonyl (C=O) groups excluding carboxylic acids is 3. The summed E-state index contributed by atoms with van der Waals surface area (Å²) in [6.07, 6.45) is 3.53. The number of hydrogen-bond donors (Lipinski definition) is 8. The largest absolute Gasteiger partial charge is 0.481 e. The highest BCUT2D eigenvalue weighted by Crippen LogP contribution is 2.28. The summed E-state index contributed by atoms with van der Waals surface area (Å²) in [5, 5.41) is 43.0. The Hall–Kier alpha value is -4.72. The van der Waals surface area contributed by atoms with Gasteiger partial charge in [-0.1, -0.05) is 42.5 Å². The first-order valence-electron chi connectivity index (χ1n) is 16.4. The number of nitrogens with one attached hydrogen (secondary N) is 5. The third kappa shape index (κ3) is 12.5. The van der Waals surface area contributed by atoms with Gasteiger partial charge >= 0.3 is 23.9 Å². The maximum absolute atomic E-state index is 13.4. The third-order valence-electron chi connectivity index (χ3n) is 8.67. The molecule has 0 aromatic heterocycles. The van der Waals surface area contributed by atoms with Crippen molar-refractivity contribution >= 4 is 46.5 Å². The van der Waals surface area contributed by atoms with Crippen LogP contribution in [0.1, 0.15) is 63.4 Å². The highest BCUT2D eigenvalue weighted by Gasteiger charge is 2.30.